The van der Waals surface area contributed by atoms with Crippen LogP contribution < -0.4 is 0 Å². The van der Waals surface area contributed by atoms with Gasteiger partial charge < -0.3 is 9.80 Å². The maximum Gasteiger partial charge on any atom is 0.229 e. The number of hydrogen-bond acceptors (Lipinski definition) is 4. The number of hydrogen-bond donors (Lipinski definition) is 0. The molecule has 0 aliphatic carbocycles. The van der Waals surface area contributed by atoms with Gasteiger partial charge in [-0.05, 0) is 61.7 Å². The van der Waals surface area contributed by atoms with Gasteiger partial charge in [0.05, 0.1) is 11.5 Å². The molecule has 2 aliphatic rings. The van der Waals surface area contributed by atoms with Crippen molar-refractivity contribution < 1.29 is 9.59 Å². The lowest BCUT2D eigenvalue weighted by Crippen LogP contribution is -2.44. The minimum atomic E-state index is -0.569. The minimum absolute atomic E-state index is 0.0813. The first-order chi connectivity index (χ1) is 16.3. The summed E-state index contributed by atoms with van der Waals surface area (Å²) in [5, 5.41) is 2.19. The number of aryl methyl sites for hydroxylation is 1. The van der Waals surface area contributed by atoms with E-state index in [0.29, 0.717) is 38.5 Å². The molecule has 2 amide bonds. The van der Waals surface area contributed by atoms with Crippen LogP contribution in [-0.4, -0.2) is 71.7 Å². The molecule has 2 aliphatic heterocycles. The van der Waals surface area contributed by atoms with E-state index in [9.17, 15) is 9.59 Å². The van der Waals surface area contributed by atoms with Crippen LogP contribution in [-0.2, 0) is 16.0 Å². The first-order valence-corrected chi connectivity index (χ1v) is 13.7. The lowest BCUT2D eigenvalue weighted by molar-refractivity contribution is -0.139. The molecule has 0 bridgehead atoms. The predicted molar refractivity (Wildman–Crippen MR) is 140 cm³/mol. The number of nitrogens with zero attached hydrogens (tertiary/aromatic N) is 3. The molecule has 0 radical (unpaired) electrons. The Morgan fingerprint density at radius 2 is 1.76 bits per heavy atom. The molecule has 7 heteroatoms. The van der Waals surface area contributed by atoms with Gasteiger partial charge >= 0.3 is 0 Å². The third-order valence-electron chi connectivity index (χ3n) is 7.21. The van der Waals surface area contributed by atoms with E-state index in [1.54, 1.807) is 0 Å². The number of alkyl halides is 1. The van der Waals surface area contributed by atoms with Crippen LogP contribution in [0.3, 0.4) is 0 Å². The van der Waals surface area contributed by atoms with E-state index in [-0.39, 0.29) is 17.9 Å². The summed E-state index contributed by atoms with van der Waals surface area (Å²) >= 11 is 7.86. The summed E-state index contributed by atoms with van der Waals surface area (Å²) in [6, 6.07) is 11.1. The monoisotopic (exact) mass is 501 g/mol. The quantitative estimate of drug-likeness (QED) is 0.538. The first-order valence-electron chi connectivity index (χ1n) is 12.3. The highest BCUT2D eigenvalue weighted by molar-refractivity contribution is 7.10. The smallest absolute Gasteiger partial charge is 0.229 e. The van der Waals surface area contributed by atoms with Crippen molar-refractivity contribution in [1.82, 2.24) is 14.7 Å². The van der Waals surface area contributed by atoms with E-state index in [0.717, 1.165) is 25.9 Å². The highest BCUT2D eigenvalue weighted by Gasteiger charge is 2.34. The van der Waals surface area contributed by atoms with Gasteiger partial charge in [-0.1, -0.05) is 24.3 Å². The topological polar surface area (TPSA) is 43.9 Å². The molecule has 5 nitrogen and oxygen atoms in total. The highest BCUT2D eigenvalue weighted by Crippen LogP contribution is 2.38. The normalized spacial score (nSPS) is 19.6. The molecular formula is C27H36ClN3O2S. The molecule has 34 heavy (non-hydrogen) atoms. The molecule has 4 rings (SSSR count). The second-order valence-corrected chi connectivity index (χ2v) is 11.4. The Morgan fingerprint density at radius 1 is 1.03 bits per heavy atom. The van der Waals surface area contributed by atoms with Crippen molar-refractivity contribution in [2.75, 3.05) is 45.1 Å². The van der Waals surface area contributed by atoms with E-state index in [2.05, 4.69) is 47.5 Å². The fraction of sp³-hybridized carbons (Fsp3) is 0.556. The number of amides is 2. The minimum Gasteiger partial charge on any atom is -0.341 e. The zero-order valence-corrected chi connectivity index (χ0v) is 22.1. The average molecular weight is 502 g/mol. The molecule has 1 fully saturated rings. The summed E-state index contributed by atoms with van der Waals surface area (Å²) in [6.45, 7) is 10.2. The molecule has 0 saturated carbocycles. The molecule has 0 N–H and O–H groups in total. The van der Waals surface area contributed by atoms with E-state index < -0.39 is 5.41 Å². The molecule has 1 atom stereocenters. The molecule has 1 saturated heterocycles. The van der Waals surface area contributed by atoms with E-state index >= 15 is 0 Å². The Bertz CT molecular complexity index is 1020. The van der Waals surface area contributed by atoms with Crippen molar-refractivity contribution in [1.29, 1.82) is 0 Å². The van der Waals surface area contributed by atoms with Crippen LogP contribution in [0, 0.1) is 12.3 Å². The van der Waals surface area contributed by atoms with Gasteiger partial charge in [0.25, 0.3) is 0 Å². The number of thiophene rings is 1. The Balaban J connectivity index is 1.40. The van der Waals surface area contributed by atoms with Crippen molar-refractivity contribution in [3.63, 3.8) is 0 Å². The van der Waals surface area contributed by atoms with Gasteiger partial charge in [0.15, 0.2) is 0 Å². The second kappa shape index (κ2) is 10.8. The van der Waals surface area contributed by atoms with Gasteiger partial charge in [-0.2, -0.15) is 0 Å². The molecule has 2 aromatic rings. The number of carbonyl (C=O) groups is 2. The Morgan fingerprint density at radius 3 is 2.53 bits per heavy atom. The second-order valence-electron chi connectivity index (χ2n) is 10.1. The lowest BCUT2D eigenvalue weighted by Gasteiger charge is -2.37. The first kappa shape index (κ1) is 25.2. The van der Waals surface area contributed by atoms with Gasteiger partial charge in [-0.25, -0.2) is 0 Å². The Labute approximate surface area is 212 Å². The van der Waals surface area contributed by atoms with Gasteiger partial charge in [-0.15, -0.1) is 22.9 Å². The zero-order chi connectivity index (χ0) is 24.3. The number of rotatable bonds is 6. The van der Waals surface area contributed by atoms with Crippen LogP contribution in [0.1, 0.15) is 54.3 Å². The molecule has 0 spiro atoms. The fourth-order valence-electron chi connectivity index (χ4n) is 5.12. The van der Waals surface area contributed by atoms with Crippen molar-refractivity contribution in [2.45, 2.75) is 46.1 Å². The number of halogens is 1. The number of fused-ring (bicyclic) bond motifs is 1. The Hall–Kier alpha value is -1.89. The maximum atomic E-state index is 13.2. The van der Waals surface area contributed by atoms with Gasteiger partial charge in [0, 0.05) is 56.4 Å². The number of benzene rings is 1. The number of carbonyl (C=O) groups excluding carboxylic acids is 2. The average Bonchev–Trinajstić information content (AvgIpc) is 3.18. The van der Waals surface area contributed by atoms with E-state index in [1.807, 2.05) is 35.0 Å². The summed E-state index contributed by atoms with van der Waals surface area (Å²) in [7, 11) is 0. The van der Waals surface area contributed by atoms with Crippen molar-refractivity contribution in [3.8, 4) is 0 Å². The lowest BCUT2D eigenvalue weighted by atomic mass is 9.90. The maximum absolute atomic E-state index is 13.2. The van der Waals surface area contributed by atoms with Crippen LogP contribution >= 0.6 is 22.9 Å². The van der Waals surface area contributed by atoms with Crippen molar-refractivity contribution >= 4 is 34.8 Å². The van der Waals surface area contributed by atoms with Crippen LogP contribution in [0.25, 0.3) is 0 Å². The molecule has 1 unspecified atom stereocenters. The molecule has 184 valence electrons. The van der Waals surface area contributed by atoms with Gasteiger partial charge in [0.1, 0.15) is 0 Å². The van der Waals surface area contributed by atoms with Crippen LogP contribution in [0.5, 0.6) is 0 Å². The molecule has 3 heterocycles. The van der Waals surface area contributed by atoms with Crippen LogP contribution in [0.2, 0.25) is 0 Å². The summed E-state index contributed by atoms with van der Waals surface area (Å²) in [5.41, 5.74) is 3.45. The third-order valence-corrected chi connectivity index (χ3v) is 8.88. The zero-order valence-electron chi connectivity index (χ0n) is 20.6. The third kappa shape index (κ3) is 5.34. The summed E-state index contributed by atoms with van der Waals surface area (Å²) in [6.07, 6.45) is 2.35. The van der Waals surface area contributed by atoms with Gasteiger partial charge in [-0.3, -0.25) is 14.5 Å². The fourth-order valence-corrected chi connectivity index (χ4v) is 6.14. The standard InChI is InChI=1S/C27H36ClN3O2S/c1-20-7-4-5-8-21(20)25-22-11-18-34-23(22)9-14-30(25)15-10-24(32)29-12-6-13-31(17-16-29)26(33)27(2,3)19-28/h4-5,7-8,11,18,25H,6,9-10,12-17,19H2,1-3H3. The SMILES string of the molecule is Cc1ccccc1C1c2ccsc2CCN1CCC(=O)N1CCCN(C(=O)C(C)(C)CCl)CC1. The Kier molecular flexibility index (Phi) is 8.01. The molecular weight excluding hydrogens is 466 g/mol. The summed E-state index contributed by atoms with van der Waals surface area (Å²) < 4.78 is 0. The summed E-state index contributed by atoms with van der Waals surface area (Å²) in [4.78, 5) is 33.8. The predicted octanol–water partition coefficient (Wildman–Crippen LogP) is 4.72. The largest absolute Gasteiger partial charge is 0.341 e. The highest BCUT2D eigenvalue weighted by atomic mass is 35.5. The van der Waals surface area contributed by atoms with Gasteiger partial charge in [0.2, 0.25) is 11.8 Å². The van der Waals surface area contributed by atoms with Crippen molar-refractivity contribution in [3.05, 3.63) is 57.3 Å². The van der Waals surface area contributed by atoms with Crippen LogP contribution in [0.4, 0.5) is 0 Å². The molecule has 1 aromatic heterocycles. The summed E-state index contributed by atoms with van der Waals surface area (Å²) in [5.74, 6) is 0.567. The molecule has 1 aromatic carbocycles. The van der Waals surface area contributed by atoms with E-state index in [4.69, 9.17) is 11.6 Å². The van der Waals surface area contributed by atoms with E-state index in [1.165, 1.54) is 21.6 Å². The van der Waals surface area contributed by atoms with Crippen molar-refractivity contribution in [2.24, 2.45) is 5.41 Å². The van der Waals surface area contributed by atoms with Crippen LogP contribution in [0.15, 0.2) is 35.7 Å².